The van der Waals surface area contributed by atoms with Crippen LogP contribution in [-0.4, -0.2) is 19.8 Å². The van der Waals surface area contributed by atoms with Gasteiger partial charge in [0.15, 0.2) is 0 Å². The minimum atomic E-state index is 0.599. The van der Waals surface area contributed by atoms with Gasteiger partial charge in [-0.15, -0.1) is 0 Å². The molecular formula is C20H27NO2. The summed E-state index contributed by atoms with van der Waals surface area (Å²) in [5.41, 5.74) is 3.65. The van der Waals surface area contributed by atoms with Crippen molar-refractivity contribution in [3.8, 4) is 5.75 Å². The van der Waals surface area contributed by atoms with E-state index in [0.717, 1.165) is 38.5 Å². The van der Waals surface area contributed by atoms with Crippen LogP contribution in [0.4, 0.5) is 0 Å². The molecular weight excluding hydrogens is 286 g/mol. The highest BCUT2D eigenvalue weighted by Crippen LogP contribution is 2.19. The van der Waals surface area contributed by atoms with Gasteiger partial charge < -0.3 is 14.8 Å². The maximum absolute atomic E-state index is 5.99. The fraction of sp³-hybridized carbons (Fsp3) is 0.400. The fourth-order valence-corrected chi connectivity index (χ4v) is 2.30. The molecule has 124 valence electrons. The lowest BCUT2D eigenvalue weighted by Gasteiger charge is -2.12. The molecule has 0 fully saturated rings. The molecule has 0 saturated heterocycles. The quantitative estimate of drug-likeness (QED) is 0.670. The predicted octanol–water partition coefficient (Wildman–Crippen LogP) is 4.09. The van der Waals surface area contributed by atoms with E-state index in [9.17, 15) is 0 Å². The predicted molar refractivity (Wildman–Crippen MR) is 94.8 cm³/mol. The SMILES string of the molecule is CCOCCCNCc1ccccc1OCc1ccc(C)cc1. The second-order valence-electron chi connectivity index (χ2n) is 5.61. The Morgan fingerprint density at radius 3 is 2.57 bits per heavy atom. The second-order valence-corrected chi connectivity index (χ2v) is 5.61. The van der Waals surface area contributed by atoms with Crippen LogP contribution in [0.1, 0.15) is 30.0 Å². The van der Waals surface area contributed by atoms with Gasteiger partial charge in [0.2, 0.25) is 0 Å². The van der Waals surface area contributed by atoms with E-state index in [2.05, 4.69) is 48.6 Å². The lowest BCUT2D eigenvalue weighted by atomic mass is 10.1. The number of hydrogen-bond acceptors (Lipinski definition) is 3. The van der Waals surface area contributed by atoms with Crippen LogP contribution in [0.2, 0.25) is 0 Å². The molecule has 0 radical (unpaired) electrons. The molecule has 1 N–H and O–H groups in total. The van der Waals surface area contributed by atoms with Crippen molar-refractivity contribution in [2.45, 2.75) is 33.4 Å². The lowest BCUT2D eigenvalue weighted by Crippen LogP contribution is -2.17. The Hall–Kier alpha value is -1.84. The maximum atomic E-state index is 5.99. The molecule has 2 aromatic carbocycles. The molecule has 0 aromatic heterocycles. The minimum absolute atomic E-state index is 0.599. The molecule has 0 aliphatic rings. The van der Waals surface area contributed by atoms with Gasteiger partial charge in [0.25, 0.3) is 0 Å². The Bertz CT molecular complexity index is 566. The Morgan fingerprint density at radius 1 is 1.00 bits per heavy atom. The number of para-hydroxylation sites is 1. The highest BCUT2D eigenvalue weighted by molar-refractivity contribution is 5.33. The van der Waals surface area contributed by atoms with Crippen LogP contribution in [-0.2, 0) is 17.9 Å². The van der Waals surface area contributed by atoms with Gasteiger partial charge in [-0.1, -0.05) is 48.0 Å². The van der Waals surface area contributed by atoms with Gasteiger partial charge in [-0.2, -0.15) is 0 Å². The normalized spacial score (nSPS) is 10.7. The van der Waals surface area contributed by atoms with E-state index in [0.29, 0.717) is 6.61 Å². The van der Waals surface area contributed by atoms with Crippen LogP contribution < -0.4 is 10.1 Å². The summed E-state index contributed by atoms with van der Waals surface area (Å²) in [5.74, 6) is 0.949. The number of ether oxygens (including phenoxy) is 2. The highest BCUT2D eigenvalue weighted by Gasteiger charge is 2.03. The molecule has 0 saturated carbocycles. The highest BCUT2D eigenvalue weighted by atomic mass is 16.5. The van der Waals surface area contributed by atoms with Crippen molar-refractivity contribution >= 4 is 0 Å². The number of hydrogen-bond donors (Lipinski definition) is 1. The van der Waals surface area contributed by atoms with E-state index in [1.165, 1.54) is 16.7 Å². The van der Waals surface area contributed by atoms with E-state index < -0.39 is 0 Å². The Morgan fingerprint density at radius 2 is 1.78 bits per heavy atom. The van der Waals surface area contributed by atoms with E-state index in [1.807, 2.05) is 19.1 Å². The zero-order valence-electron chi connectivity index (χ0n) is 14.2. The summed E-state index contributed by atoms with van der Waals surface area (Å²) in [4.78, 5) is 0. The van der Waals surface area contributed by atoms with Gasteiger partial charge >= 0.3 is 0 Å². The molecule has 0 heterocycles. The van der Waals surface area contributed by atoms with Crippen molar-refractivity contribution in [3.63, 3.8) is 0 Å². The van der Waals surface area contributed by atoms with E-state index in [-0.39, 0.29) is 0 Å². The molecule has 0 aliphatic heterocycles. The summed E-state index contributed by atoms with van der Waals surface area (Å²) < 4.78 is 11.3. The molecule has 0 aliphatic carbocycles. The second kappa shape index (κ2) is 10.0. The molecule has 2 rings (SSSR count). The van der Waals surface area contributed by atoms with Gasteiger partial charge in [-0.05, 0) is 38.4 Å². The lowest BCUT2D eigenvalue weighted by molar-refractivity contribution is 0.144. The summed E-state index contributed by atoms with van der Waals surface area (Å²) in [6, 6.07) is 16.7. The number of aryl methyl sites for hydroxylation is 1. The minimum Gasteiger partial charge on any atom is -0.489 e. The first-order chi connectivity index (χ1) is 11.3. The third kappa shape index (κ3) is 6.43. The molecule has 0 atom stereocenters. The summed E-state index contributed by atoms with van der Waals surface area (Å²) in [7, 11) is 0. The van der Waals surface area contributed by atoms with Crippen LogP contribution in [0.15, 0.2) is 48.5 Å². The zero-order chi connectivity index (χ0) is 16.3. The van der Waals surface area contributed by atoms with Crippen LogP contribution in [0.3, 0.4) is 0 Å². The van der Waals surface area contributed by atoms with Crippen molar-refractivity contribution in [1.82, 2.24) is 5.32 Å². The molecule has 23 heavy (non-hydrogen) atoms. The van der Waals surface area contributed by atoms with E-state index in [4.69, 9.17) is 9.47 Å². The van der Waals surface area contributed by atoms with Crippen molar-refractivity contribution in [2.24, 2.45) is 0 Å². The summed E-state index contributed by atoms with van der Waals surface area (Å²) in [6.07, 6.45) is 1.03. The third-order valence-corrected chi connectivity index (χ3v) is 3.65. The van der Waals surface area contributed by atoms with Gasteiger partial charge in [-0.25, -0.2) is 0 Å². The molecule has 3 nitrogen and oxygen atoms in total. The molecule has 2 aromatic rings. The first-order valence-corrected chi connectivity index (χ1v) is 8.34. The largest absolute Gasteiger partial charge is 0.489 e. The molecule has 0 bridgehead atoms. The molecule has 3 heteroatoms. The van der Waals surface area contributed by atoms with Crippen LogP contribution >= 0.6 is 0 Å². The van der Waals surface area contributed by atoms with Gasteiger partial charge in [-0.3, -0.25) is 0 Å². The molecule has 0 unspecified atom stereocenters. The monoisotopic (exact) mass is 313 g/mol. The Balaban J connectivity index is 1.81. The Kier molecular flexibility index (Phi) is 7.64. The summed E-state index contributed by atoms with van der Waals surface area (Å²) in [6.45, 7) is 8.08. The zero-order valence-corrected chi connectivity index (χ0v) is 14.2. The number of nitrogens with one attached hydrogen (secondary N) is 1. The number of benzene rings is 2. The van der Waals surface area contributed by atoms with E-state index in [1.54, 1.807) is 0 Å². The first-order valence-electron chi connectivity index (χ1n) is 8.34. The maximum Gasteiger partial charge on any atom is 0.124 e. The average Bonchev–Trinajstić information content (AvgIpc) is 2.58. The fourth-order valence-electron chi connectivity index (χ4n) is 2.30. The van der Waals surface area contributed by atoms with Crippen molar-refractivity contribution in [1.29, 1.82) is 0 Å². The summed E-state index contributed by atoms with van der Waals surface area (Å²) in [5, 5.41) is 3.45. The van der Waals surface area contributed by atoms with Gasteiger partial charge in [0.1, 0.15) is 12.4 Å². The standard InChI is InChI=1S/C20H27NO2/c1-3-22-14-6-13-21-15-19-7-4-5-8-20(19)23-16-18-11-9-17(2)10-12-18/h4-5,7-12,21H,3,6,13-16H2,1-2H3. The van der Waals surface area contributed by atoms with Crippen molar-refractivity contribution in [3.05, 3.63) is 65.2 Å². The van der Waals surface area contributed by atoms with Crippen LogP contribution in [0.25, 0.3) is 0 Å². The van der Waals surface area contributed by atoms with E-state index >= 15 is 0 Å². The number of rotatable bonds is 10. The summed E-state index contributed by atoms with van der Waals surface area (Å²) >= 11 is 0. The van der Waals surface area contributed by atoms with Crippen molar-refractivity contribution < 1.29 is 9.47 Å². The molecule has 0 spiro atoms. The van der Waals surface area contributed by atoms with Crippen LogP contribution in [0.5, 0.6) is 5.75 Å². The topological polar surface area (TPSA) is 30.5 Å². The van der Waals surface area contributed by atoms with Crippen molar-refractivity contribution in [2.75, 3.05) is 19.8 Å². The Labute approximate surface area is 139 Å². The first kappa shape index (κ1) is 17.5. The average molecular weight is 313 g/mol. The van der Waals surface area contributed by atoms with Crippen LogP contribution in [0, 0.1) is 6.92 Å². The molecule has 0 amide bonds. The smallest absolute Gasteiger partial charge is 0.124 e. The van der Waals surface area contributed by atoms with Gasteiger partial charge in [0, 0.05) is 25.3 Å². The van der Waals surface area contributed by atoms with Gasteiger partial charge in [0.05, 0.1) is 0 Å². The third-order valence-electron chi connectivity index (χ3n) is 3.65.